The number of carbonyl (C=O) groups excluding carboxylic acids is 1. The molecule has 0 aromatic heterocycles. The summed E-state index contributed by atoms with van der Waals surface area (Å²) in [5.41, 5.74) is 3.36. The third-order valence-electron chi connectivity index (χ3n) is 5.12. The molecule has 2 aromatic rings. The molecule has 2 atom stereocenters. The smallest absolute Gasteiger partial charge is 0.308 e. The van der Waals surface area contributed by atoms with Gasteiger partial charge in [0.05, 0.1) is 15.7 Å². The van der Waals surface area contributed by atoms with Crippen molar-refractivity contribution in [3.05, 3.63) is 53.6 Å². The molecule has 2 amide bonds. The molecule has 154 valence electrons. The van der Waals surface area contributed by atoms with E-state index in [9.17, 15) is 4.79 Å². The number of hydrogen-bond donors (Lipinski definition) is 3. The van der Waals surface area contributed by atoms with Crippen LogP contribution in [-0.2, 0) is 4.08 Å². The SMILES string of the molecule is CSC1CC(SC)(SC)c2cc(NC(=O)Nc3ccc(C#N)cc3)ccc2[SH]1C. The number of rotatable bonds is 5. The minimum Gasteiger partial charge on any atom is -0.308 e. The number of hydrogen-bond acceptors (Lipinski definition) is 5. The third kappa shape index (κ3) is 4.69. The van der Waals surface area contributed by atoms with Gasteiger partial charge in [0.2, 0.25) is 0 Å². The zero-order chi connectivity index (χ0) is 21.0. The fourth-order valence-electron chi connectivity index (χ4n) is 3.49. The molecular weight excluding hydrogens is 439 g/mol. The lowest BCUT2D eigenvalue weighted by Gasteiger charge is -2.45. The summed E-state index contributed by atoms with van der Waals surface area (Å²) in [6.45, 7) is 0. The maximum atomic E-state index is 12.5. The van der Waals surface area contributed by atoms with Crippen LogP contribution in [0.4, 0.5) is 16.2 Å². The molecule has 0 saturated heterocycles. The highest BCUT2D eigenvalue weighted by atomic mass is 32.2. The zero-order valence-corrected chi connectivity index (χ0v) is 20.2. The van der Waals surface area contributed by atoms with Gasteiger partial charge in [0.25, 0.3) is 0 Å². The maximum Gasteiger partial charge on any atom is 0.323 e. The quantitative estimate of drug-likeness (QED) is 0.366. The van der Waals surface area contributed by atoms with E-state index in [2.05, 4.69) is 53.9 Å². The number of carbonyl (C=O) groups is 1. The molecule has 8 heteroatoms. The standard InChI is InChI=1S/C21H25N3OS4/c1-26-19-12-21(27-2,28-3)17-11-16(9-10-18(17)29(19)4)24-20(25)23-15-7-5-14(13-22)6-8-15/h5-11,19,29H,12H2,1-4H3,(H2,23,24,25). The number of benzene rings is 2. The summed E-state index contributed by atoms with van der Waals surface area (Å²) < 4.78 is 0.662. The highest BCUT2D eigenvalue weighted by Gasteiger charge is 2.41. The molecule has 0 aliphatic carbocycles. The van der Waals surface area contributed by atoms with E-state index in [4.69, 9.17) is 5.26 Å². The molecule has 1 aliphatic heterocycles. The number of nitriles is 1. The Morgan fingerprint density at radius 3 is 2.31 bits per heavy atom. The lowest BCUT2D eigenvalue weighted by Crippen LogP contribution is -2.29. The van der Waals surface area contributed by atoms with E-state index >= 15 is 0 Å². The van der Waals surface area contributed by atoms with Crippen LogP contribution in [0.1, 0.15) is 17.5 Å². The number of thioether (sulfide) groups is 3. The Kier molecular flexibility index (Phi) is 7.38. The van der Waals surface area contributed by atoms with Crippen molar-refractivity contribution in [2.24, 2.45) is 0 Å². The van der Waals surface area contributed by atoms with Crippen molar-refractivity contribution in [2.45, 2.75) is 20.0 Å². The van der Waals surface area contributed by atoms with Gasteiger partial charge in [-0.3, -0.25) is 0 Å². The van der Waals surface area contributed by atoms with Crippen molar-refractivity contribution < 1.29 is 4.79 Å². The summed E-state index contributed by atoms with van der Waals surface area (Å²) in [5.74, 6) is 0. The Bertz CT molecular complexity index is 923. The predicted molar refractivity (Wildman–Crippen MR) is 134 cm³/mol. The molecule has 1 aliphatic rings. The predicted octanol–water partition coefficient (Wildman–Crippen LogP) is 6.16. The highest BCUT2D eigenvalue weighted by Crippen LogP contribution is 2.62. The first-order valence-electron chi connectivity index (χ1n) is 9.05. The third-order valence-corrected chi connectivity index (χ3v) is 12.7. The first-order chi connectivity index (χ1) is 14.0. The van der Waals surface area contributed by atoms with Gasteiger partial charge in [-0.2, -0.15) is 17.0 Å². The van der Waals surface area contributed by atoms with Crippen molar-refractivity contribution in [2.75, 3.05) is 35.7 Å². The number of urea groups is 1. The summed E-state index contributed by atoms with van der Waals surface area (Å²) in [6, 6.07) is 15.0. The molecule has 2 N–H and O–H groups in total. The Balaban J connectivity index is 1.83. The van der Waals surface area contributed by atoms with Crippen molar-refractivity contribution >= 4 is 63.6 Å². The van der Waals surface area contributed by atoms with E-state index in [0.717, 1.165) is 12.1 Å². The number of amides is 2. The van der Waals surface area contributed by atoms with Crippen molar-refractivity contribution in [1.29, 1.82) is 5.26 Å². The van der Waals surface area contributed by atoms with E-state index in [0.29, 0.717) is 15.8 Å². The van der Waals surface area contributed by atoms with E-state index in [1.54, 1.807) is 24.3 Å². The van der Waals surface area contributed by atoms with Crippen LogP contribution in [-0.4, -0.2) is 35.6 Å². The number of nitrogens with one attached hydrogen (secondary N) is 2. The molecule has 3 rings (SSSR count). The number of anilines is 2. The lowest BCUT2D eigenvalue weighted by molar-refractivity contribution is 0.262. The van der Waals surface area contributed by atoms with Gasteiger partial charge in [0, 0.05) is 16.0 Å². The van der Waals surface area contributed by atoms with Gasteiger partial charge in [-0.1, -0.05) is 0 Å². The van der Waals surface area contributed by atoms with Crippen LogP contribution < -0.4 is 10.6 Å². The Hall–Kier alpha value is -1.40. The maximum absolute atomic E-state index is 12.5. The average Bonchev–Trinajstić information content (AvgIpc) is 2.75. The van der Waals surface area contributed by atoms with Crippen LogP contribution in [0, 0.1) is 11.3 Å². The normalized spacial score (nSPS) is 20.9. The van der Waals surface area contributed by atoms with E-state index in [1.807, 2.05) is 41.4 Å². The van der Waals surface area contributed by atoms with Crippen LogP contribution in [0.25, 0.3) is 0 Å². The summed E-state index contributed by atoms with van der Waals surface area (Å²) in [6.07, 6.45) is 10.1. The summed E-state index contributed by atoms with van der Waals surface area (Å²) in [7, 11) is -0.237. The molecule has 2 unspecified atom stereocenters. The highest BCUT2D eigenvalue weighted by molar-refractivity contribution is 8.27. The molecule has 0 bridgehead atoms. The molecule has 0 radical (unpaired) electrons. The van der Waals surface area contributed by atoms with Gasteiger partial charge in [0.1, 0.15) is 0 Å². The summed E-state index contributed by atoms with van der Waals surface area (Å²) >= 11 is 5.76. The summed E-state index contributed by atoms with van der Waals surface area (Å²) in [5, 5.41) is 14.7. The first kappa shape index (κ1) is 22.3. The van der Waals surface area contributed by atoms with E-state index in [1.165, 1.54) is 10.5 Å². The van der Waals surface area contributed by atoms with Crippen molar-refractivity contribution in [3.63, 3.8) is 0 Å². The second-order valence-electron chi connectivity index (χ2n) is 6.67. The minimum absolute atomic E-state index is 0.0130. The minimum atomic E-state index is -0.287. The second kappa shape index (κ2) is 9.61. The van der Waals surface area contributed by atoms with Gasteiger partial charge in [-0.25, -0.2) is 15.7 Å². The van der Waals surface area contributed by atoms with Crippen LogP contribution in [0.2, 0.25) is 0 Å². The van der Waals surface area contributed by atoms with Crippen molar-refractivity contribution in [1.82, 2.24) is 0 Å². The molecule has 4 nitrogen and oxygen atoms in total. The van der Waals surface area contributed by atoms with Gasteiger partial charge in [0.15, 0.2) is 0 Å². The number of fused-ring (bicyclic) bond motifs is 1. The number of thiol groups is 1. The monoisotopic (exact) mass is 463 g/mol. The van der Waals surface area contributed by atoms with Gasteiger partial charge >= 0.3 is 6.03 Å². The Morgan fingerprint density at radius 1 is 1.10 bits per heavy atom. The van der Waals surface area contributed by atoms with Crippen molar-refractivity contribution in [3.8, 4) is 6.07 Å². The molecule has 1 heterocycles. The fourth-order valence-corrected chi connectivity index (χ4v) is 10.0. The molecule has 2 aromatic carbocycles. The lowest BCUT2D eigenvalue weighted by atomic mass is 10.1. The average molecular weight is 464 g/mol. The van der Waals surface area contributed by atoms with Crippen LogP contribution >= 0.6 is 46.2 Å². The largest absolute Gasteiger partial charge is 0.323 e. The van der Waals surface area contributed by atoms with Gasteiger partial charge in [-0.15, -0.1) is 23.5 Å². The molecule has 0 saturated carbocycles. The molecular formula is C21H25N3OS4. The second-order valence-corrected chi connectivity index (χ2v) is 12.9. The molecule has 0 fully saturated rings. The molecule has 29 heavy (non-hydrogen) atoms. The Morgan fingerprint density at radius 2 is 1.72 bits per heavy atom. The fraction of sp³-hybridized carbons (Fsp3) is 0.333. The van der Waals surface area contributed by atoms with Gasteiger partial charge < -0.3 is 10.6 Å². The summed E-state index contributed by atoms with van der Waals surface area (Å²) in [4.78, 5) is 13.9. The topological polar surface area (TPSA) is 64.9 Å². The van der Waals surface area contributed by atoms with Crippen LogP contribution in [0.5, 0.6) is 0 Å². The van der Waals surface area contributed by atoms with Crippen LogP contribution in [0.3, 0.4) is 0 Å². The van der Waals surface area contributed by atoms with E-state index < -0.39 is 0 Å². The number of nitrogens with zero attached hydrogens (tertiary/aromatic N) is 1. The van der Waals surface area contributed by atoms with Gasteiger partial charge in [-0.05, 0) is 84.4 Å². The Labute approximate surface area is 188 Å². The van der Waals surface area contributed by atoms with E-state index in [-0.39, 0.29) is 21.0 Å². The zero-order valence-electron chi connectivity index (χ0n) is 16.9. The van der Waals surface area contributed by atoms with Crippen LogP contribution in [0.15, 0.2) is 47.4 Å². The molecule has 0 spiro atoms. The first-order valence-corrected chi connectivity index (χ1v) is 14.6.